The molecule has 6 heteroatoms. The summed E-state index contributed by atoms with van der Waals surface area (Å²) < 4.78 is 0. The van der Waals surface area contributed by atoms with Gasteiger partial charge in [0.2, 0.25) is 0 Å². The lowest BCUT2D eigenvalue weighted by molar-refractivity contribution is -0.141. The summed E-state index contributed by atoms with van der Waals surface area (Å²) in [6.45, 7) is 3.83. The van der Waals surface area contributed by atoms with Gasteiger partial charge in [-0.25, -0.2) is 4.79 Å². The van der Waals surface area contributed by atoms with Crippen LogP contribution in [0.4, 0.5) is 0 Å². The Balaban J connectivity index is 2.28. The van der Waals surface area contributed by atoms with Crippen LogP contribution in [0.25, 0.3) is 0 Å². The predicted octanol–water partition coefficient (Wildman–Crippen LogP) is 1.02. The van der Waals surface area contributed by atoms with E-state index in [-0.39, 0.29) is 18.9 Å². The first-order chi connectivity index (χ1) is 8.40. The summed E-state index contributed by atoms with van der Waals surface area (Å²) in [5.74, 6) is -1.37. The molecule has 1 amide bonds. The van der Waals surface area contributed by atoms with E-state index in [0.29, 0.717) is 5.56 Å². The van der Waals surface area contributed by atoms with Gasteiger partial charge in [0.15, 0.2) is 0 Å². The van der Waals surface area contributed by atoms with Gasteiger partial charge < -0.3 is 15.1 Å². The van der Waals surface area contributed by atoms with E-state index in [2.05, 4.69) is 0 Å². The summed E-state index contributed by atoms with van der Waals surface area (Å²) in [5.41, 5.74) is 0.540. The molecule has 0 aromatic carbocycles. The molecule has 0 radical (unpaired) electrons. The van der Waals surface area contributed by atoms with Crippen molar-refractivity contribution in [1.29, 1.82) is 0 Å². The Morgan fingerprint density at radius 2 is 2.11 bits per heavy atom. The Labute approximate surface area is 109 Å². The number of aliphatic carboxylic acids is 1. The number of aryl methyl sites for hydroxylation is 2. The van der Waals surface area contributed by atoms with Gasteiger partial charge in [0.1, 0.15) is 6.04 Å². The highest BCUT2D eigenvalue weighted by atomic mass is 32.1. The van der Waals surface area contributed by atoms with Gasteiger partial charge >= 0.3 is 5.97 Å². The number of carboxylic acids is 1. The molecule has 0 aliphatic carbocycles. The van der Waals surface area contributed by atoms with Gasteiger partial charge in [0.25, 0.3) is 5.91 Å². The van der Waals surface area contributed by atoms with Crippen molar-refractivity contribution in [2.75, 3.05) is 6.54 Å². The molecule has 1 aromatic heterocycles. The zero-order valence-corrected chi connectivity index (χ0v) is 11.0. The smallest absolute Gasteiger partial charge is 0.326 e. The fourth-order valence-corrected chi connectivity index (χ4v) is 3.19. The number of amides is 1. The lowest BCUT2D eigenvalue weighted by Gasteiger charge is -2.20. The number of aliphatic hydroxyl groups is 1. The molecule has 0 unspecified atom stereocenters. The molecule has 18 heavy (non-hydrogen) atoms. The Morgan fingerprint density at radius 1 is 1.44 bits per heavy atom. The highest BCUT2D eigenvalue weighted by Gasteiger charge is 2.39. The lowest BCUT2D eigenvalue weighted by atomic mass is 10.2. The molecule has 1 aliphatic rings. The zero-order valence-electron chi connectivity index (χ0n) is 10.2. The second-order valence-electron chi connectivity index (χ2n) is 4.53. The zero-order chi connectivity index (χ0) is 13.4. The Kier molecular flexibility index (Phi) is 3.41. The number of rotatable bonds is 2. The number of hydrogen-bond acceptors (Lipinski definition) is 4. The first kappa shape index (κ1) is 13.0. The summed E-state index contributed by atoms with van der Waals surface area (Å²) in [7, 11) is 0. The van der Waals surface area contributed by atoms with Gasteiger partial charge in [0, 0.05) is 22.7 Å². The first-order valence-corrected chi connectivity index (χ1v) is 6.50. The second kappa shape index (κ2) is 4.70. The SMILES string of the molecule is Cc1cc(C(=O)N2C[C@@H](O)C[C@H]2C(=O)O)c(C)s1. The minimum Gasteiger partial charge on any atom is -0.480 e. The number of carbonyl (C=O) groups is 2. The van der Waals surface area contributed by atoms with E-state index in [0.717, 1.165) is 9.75 Å². The highest BCUT2D eigenvalue weighted by molar-refractivity contribution is 7.12. The van der Waals surface area contributed by atoms with E-state index in [4.69, 9.17) is 5.11 Å². The number of hydrogen-bond donors (Lipinski definition) is 2. The molecule has 2 N–H and O–H groups in total. The number of likely N-dealkylation sites (tertiary alicyclic amines) is 1. The van der Waals surface area contributed by atoms with Crippen molar-refractivity contribution < 1.29 is 19.8 Å². The average Bonchev–Trinajstić information content (AvgIpc) is 2.81. The molecule has 1 saturated heterocycles. The molecule has 1 aliphatic heterocycles. The molecule has 2 atom stereocenters. The third kappa shape index (κ3) is 2.26. The normalized spacial score (nSPS) is 23.4. The van der Waals surface area contributed by atoms with Crippen LogP contribution in [0, 0.1) is 13.8 Å². The molecule has 98 valence electrons. The summed E-state index contributed by atoms with van der Waals surface area (Å²) in [4.78, 5) is 26.5. The molecule has 1 aromatic rings. The van der Waals surface area contributed by atoms with E-state index < -0.39 is 18.1 Å². The number of aliphatic hydroxyl groups excluding tert-OH is 1. The monoisotopic (exact) mass is 269 g/mol. The number of thiophene rings is 1. The molecule has 0 spiro atoms. The van der Waals surface area contributed by atoms with Crippen LogP contribution >= 0.6 is 11.3 Å². The number of β-amino-alcohol motifs (C(OH)–C–C–N with tert-alkyl or cyclic N) is 1. The quantitative estimate of drug-likeness (QED) is 0.840. The van der Waals surface area contributed by atoms with Gasteiger partial charge in [-0.15, -0.1) is 11.3 Å². The van der Waals surface area contributed by atoms with E-state index in [1.807, 2.05) is 13.8 Å². The number of carboxylic acid groups (broad SMARTS) is 1. The Bertz CT molecular complexity index is 496. The predicted molar refractivity (Wildman–Crippen MR) is 66.9 cm³/mol. The van der Waals surface area contributed by atoms with Crippen LogP contribution in [-0.4, -0.2) is 45.7 Å². The molecule has 2 heterocycles. The van der Waals surface area contributed by atoms with Crippen molar-refractivity contribution in [3.63, 3.8) is 0 Å². The number of carbonyl (C=O) groups excluding carboxylic acids is 1. The van der Waals surface area contributed by atoms with Crippen LogP contribution < -0.4 is 0 Å². The second-order valence-corrected chi connectivity index (χ2v) is 5.99. The highest BCUT2D eigenvalue weighted by Crippen LogP contribution is 2.26. The van der Waals surface area contributed by atoms with Crippen LogP contribution in [0.3, 0.4) is 0 Å². The van der Waals surface area contributed by atoms with Crippen molar-refractivity contribution in [3.8, 4) is 0 Å². The van der Waals surface area contributed by atoms with Crippen LogP contribution in [0.15, 0.2) is 6.07 Å². The molecular weight excluding hydrogens is 254 g/mol. The van der Waals surface area contributed by atoms with Crippen molar-refractivity contribution in [2.24, 2.45) is 0 Å². The Hall–Kier alpha value is -1.40. The lowest BCUT2D eigenvalue weighted by Crippen LogP contribution is -2.40. The standard InChI is InChI=1S/C12H15NO4S/c1-6-3-9(7(2)18-6)11(15)13-5-8(14)4-10(13)12(16)17/h3,8,10,14H,4-5H2,1-2H3,(H,16,17)/t8-,10-/m0/s1. The largest absolute Gasteiger partial charge is 0.480 e. The third-order valence-electron chi connectivity index (χ3n) is 3.10. The van der Waals surface area contributed by atoms with E-state index in [9.17, 15) is 14.7 Å². The van der Waals surface area contributed by atoms with Crippen molar-refractivity contribution in [1.82, 2.24) is 4.90 Å². The van der Waals surface area contributed by atoms with Crippen molar-refractivity contribution in [3.05, 3.63) is 21.4 Å². The van der Waals surface area contributed by atoms with Crippen LogP contribution in [0.2, 0.25) is 0 Å². The topological polar surface area (TPSA) is 77.8 Å². The molecular formula is C12H15NO4S. The van der Waals surface area contributed by atoms with E-state index in [1.165, 1.54) is 16.2 Å². The van der Waals surface area contributed by atoms with Crippen LogP contribution in [-0.2, 0) is 4.79 Å². The van der Waals surface area contributed by atoms with Gasteiger partial charge in [-0.05, 0) is 19.9 Å². The van der Waals surface area contributed by atoms with Gasteiger partial charge in [-0.1, -0.05) is 0 Å². The fraction of sp³-hybridized carbons (Fsp3) is 0.500. The molecule has 5 nitrogen and oxygen atoms in total. The minimum atomic E-state index is -1.07. The van der Waals surface area contributed by atoms with Crippen molar-refractivity contribution in [2.45, 2.75) is 32.4 Å². The molecule has 2 rings (SSSR count). The molecule has 1 fully saturated rings. The Morgan fingerprint density at radius 3 is 2.61 bits per heavy atom. The third-order valence-corrected chi connectivity index (χ3v) is 4.06. The summed E-state index contributed by atoms with van der Waals surface area (Å²) in [5, 5.41) is 18.6. The summed E-state index contributed by atoms with van der Waals surface area (Å²) >= 11 is 1.51. The van der Waals surface area contributed by atoms with Gasteiger partial charge in [0.05, 0.1) is 11.7 Å². The van der Waals surface area contributed by atoms with Crippen molar-refractivity contribution >= 4 is 23.2 Å². The van der Waals surface area contributed by atoms with Gasteiger partial charge in [-0.3, -0.25) is 4.79 Å². The average molecular weight is 269 g/mol. The van der Waals surface area contributed by atoms with E-state index >= 15 is 0 Å². The summed E-state index contributed by atoms with van der Waals surface area (Å²) in [6.07, 6.45) is -0.654. The maximum Gasteiger partial charge on any atom is 0.326 e. The minimum absolute atomic E-state index is 0.0874. The first-order valence-electron chi connectivity index (χ1n) is 5.69. The summed E-state index contributed by atoms with van der Waals surface area (Å²) in [6, 6.07) is 0.846. The number of nitrogens with zero attached hydrogens (tertiary/aromatic N) is 1. The maximum atomic E-state index is 12.3. The van der Waals surface area contributed by atoms with Crippen LogP contribution in [0.5, 0.6) is 0 Å². The fourth-order valence-electron chi connectivity index (χ4n) is 2.27. The molecule has 0 saturated carbocycles. The van der Waals surface area contributed by atoms with Crippen LogP contribution in [0.1, 0.15) is 26.5 Å². The van der Waals surface area contributed by atoms with E-state index in [1.54, 1.807) is 6.07 Å². The molecule has 0 bridgehead atoms. The van der Waals surface area contributed by atoms with Gasteiger partial charge in [-0.2, -0.15) is 0 Å². The maximum absolute atomic E-state index is 12.3.